The normalized spacial score (nSPS) is 25.7. The summed E-state index contributed by atoms with van der Waals surface area (Å²) in [7, 11) is 0. The fraction of sp³-hybridized carbons (Fsp3) is 0.529. The first kappa shape index (κ1) is 14.1. The Hall–Kier alpha value is -1.84. The topological polar surface area (TPSA) is 42.7 Å². The summed E-state index contributed by atoms with van der Waals surface area (Å²) in [6, 6.07) is 9.24. The number of anilines is 1. The van der Waals surface area contributed by atoms with Crippen molar-refractivity contribution >= 4 is 5.69 Å². The van der Waals surface area contributed by atoms with Crippen LogP contribution in [-0.4, -0.2) is 20.8 Å². The van der Waals surface area contributed by atoms with E-state index in [0.29, 0.717) is 6.04 Å². The number of rotatable bonds is 4. The maximum atomic E-state index is 4.16. The molecule has 0 aliphatic heterocycles. The summed E-state index contributed by atoms with van der Waals surface area (Å²) in [5, 5.41) is 7.89. The van der Waals surface area contributed by atoms with Gasteiger partial charge in [-0.1, -0.05) is 26.0 Å². The Kier molecular flexibility index (Phi) is 4.23. The van der Waals surface area contributed by atoms with E-state index < -0.39 is 0 Å². The average Bonchev–Trinajstić information content (AvgIpc) is 2.95. The minimum atomic E-state index is 0.600. The van der Waals surface area contributed by atoms with Gasteiger partial charge >= 0.3 is 0 Å². The van der Waals surface area contributed by atoms with Gasteiger partial charge in [0, 0.05) is 11.7 Å². The van der Waals surface area contributed by atoms with E-state index in [9.17, 15) is 0 Å². The predicted molar refractivity (Wildman–Crippen MR) is 85.2 cm³/mol. The van der Waals surface area contributed by atoms with Crippen LogP contribution in [0.1, 0.15) is 38.7 Å². The van der Waals surface area contributed by atoms with Gasteiger partial charge in [0.15, 0.2) is 0 Å². The zero-order chi connectivity index (χ0) is 14.7. The van der Waals surface area contributed by atoms with Gasteiger partial charge in [-0.25, -0.2) is 9.67 Å². The number of benzene rings is 1. The molecule has 4 nitrogen and oxygen atoms in total. The molecule has 0 bridgehead atoms. The maximum Gasteiger partial charge on any atom is 0.137 e. The Morgan fingerprint density at radius 1 is 1.29 bits per heavy atom. The van der Waals surface area contributed by atoms with E-state index in [1.54, 1.807) is 12.7 Å². The van der Waals surface area contributed by atoms with Crippen LogP contribution in [0.25, 0.3) is 0 Å². The third kappa shape index (κ3) is 3.63. The second-order valence-electron chi connectivity index (χ2n) is 6.44. The summed E-state index contributed by atoms with van der Waals surface area (Å²) in [6.07, 6.45) is 7.27. The highest BCUT2D eigenvalue weighted by atomic mass is 15.3. The molecule has 1 saturated carbocycles. The molecule has 112 valence electrons. The van der Waals surface area contributed by atoms with Crippen molar-refractivity contribution in [3.8, 4) is 0 Å². The molecule has 3 unspecified atom stereocenters. The number of aromatic nitrogens is 3. The fourth-order valence-corrected chi connectivity index (χ4v) is 3.35. The number of hydrogen-bond acceptors (Lipinski definition) is 3. The van der Waals surface area contributed by atoms with Gasteiger partial charge < -0.3 is 5.32 Å². The van der Waals surface area contributed by atoms with Gasteiger partial charge in [0.2, 0.25) is 0 Å². The monoisotopic (exact) mass is 284 g/mol. The van der Waals surface area contributed by atoms with E-state index in [-0.39, 0.29) is 0 Å². The van der Waals surface area contributed by atoms with E-state index in [4.69, 9.17) is 0 Å². The number of nitrogens with one attached hydrogen (secondary N) is 1. The molecule has 21 heavy (non-hydrogen) atoms. The van der Waals surface area contributed by atoms with Gasteiger partial charge in [-0.2, -0.15) is 5.10 Å². The van der Waals surface area contributed by atoms with E-state index >= 15 is 0 Å². The standard InChI is InChI=1S/C17H24N4/c1-13-6-7-17(14(2)8-13)20-16-5-3-4-15(9-16)10-21-12-18-11-19-21/h3-5,9,11-14,17,20H,6-8,10H2,1-2H3. The molecule has 0 saturated heterocycles. The van der Waals surface area contributed by atoms with E-state index in [1.165, 1.54) is 30.5 Å². The number of nitrogens with zero attached hydrogens (tertiary/aromatic N) is 3. The van der Waals surface area contributed by atoms with Crippen molar-refractivity contribution < 1.29 is 0 Å². The molecule has 1 N–H and O–H groups in total. The van der Waals surface area contributed by atoms with Gasteiger partial charge in [-0.3, -0.25) is 0 Å². The quantitative estimate of drug-likeness (QED) is 0.933. The third-order valence-electron chi connectivity index (χ3n) is 4.52. The Morgan fingerprint density at radius 2 is 2.19 bits per heavy atom. The molecule has 2 aromatic rings. The lowest BCUT2D eigenvalue weighted by Crippen LogP contribution is -2.33. The summed E-state index contributed by atoms with van der Waals surface area (Å²) < 4.78 is 1.85. The van der Waals surface area contributed by atoms with Crippen LogP contribution in [-0.2, 0) is 6.54 Å². The fourth-order valence-electron chi connectivity index (χ4n) is 3.35. The summed E-state index contributed by atoms with van der Waals surface area (Å²) in [5.74, 6) is 1.62. The van der Waals surface area contributed by atoms with Crippen LogP contribution >= 0.6 is 0 Å². The van der Waals surface area contributed by atoms with Gasteiger partial charge in [-0.05, 0) is 48.8 Å². The minimum Gasteiger partial charge on any atom is -0.382 e. The van der Waals surface area contributed by atoms with Crippen molar-refractivity contribution in [2.45, 2.75) is 45.7 Å². The summed E-state index contributed by atoms with van der Waals surface area (Å²) >= 11 is 0. The Labute approximate surface area is 126 Å². The van der Waals surface area contributed by atoms with Crippen LogP contribution in [0.4, 0.5) is 5.69 Å². The molecule has 0 amide bonds. The second-order valence-corrected chi connectivity index (χ2v) is 6.44. The van der Waals surface area contributed by atoms with Crippen LogP contribution in [0.2, 0.25) is 0 Å². The third-order valence-corrected chi connectivity index (χ3v) is 4.52. The van der Waals surface area contributed by atoms with E-state index in [2.05, 4.69) is 53.5 Å². The van der Waals surface area contributed by atoms with Crippen LogP contribution in [0.3, 0.4) is 0 Å². The van der Waals surface area contributed by atoms with Crippen LogP contribution in [0.15, 0.2) is 36.9 Å². The number of hydrogen-bond donors (Lipinski definition) is 1. The lowest BCUT2D eigenvalue weighted by molar-refractivity contribution is 0.276. The molecular formula is C17H24N4. The molecule has 3 atom stereocenters. The molecule has 1 heterocycles. The van der Waals surface area contributed by atoms with Crippen molar-refractivity contribution in [1.82, 2.24) is 14.8 Å². The smallest absolute Gasteiger partial charge is 0.137 e. The van der Waals surface area contributed by atoms with Crippen LogP contribution in [0.5, 0.6) is 0 Å². The largest absolute Gasteiger partial charge is 0.382 e. The predicted octanol–water partition coefficient (Wildman–Crippen LogP) is 3.56. The van der Waals surface area contributed by atoms with Crippen molar-refractivity contribution in [3.05, 3.63) is 42.5 Å². The van der Waals surface area contributed by atoms with Crippen molar-refractivity contribution in [3.63, 3.8) is 0 Å². The first-order valence-corrected chi connectivity index (χ1v) is 7.88. The molecule has 0 radical (unpaired) electrons. The molecule has 0 spiro atoms. The van der Waals surface area contributed by atoms with Gasteiger partial charge in [0.25, 0.3) is 0 Å². The first-order chi connectivity index (χ1) is 10.2. The maximum absolute atomic E-state index is 4.16. The molecule has 1 aromatic heterocycles. The Bertz CT molecular complexity index is 564. The van der Waals surface area contributed by atoms with Crippen molar-refractivity contribution in [2.75, 3.05) is 5.32 Å². The average molecular weight is 284 g/mol. The van der Waals surface area contributed by atoms with E-state index in [0.717, 1.165) is 18.4 Å². The summed E-state index contributed by atoms with van der Waals surface area (Å²) in [4.78, 5) is 3.99. The zero-order valence-electron chi connectivity index (χ0n) is 12.9. The van der Waals surface area contributed by atoms with Crippen molar-refractivity contribution in [2.24, 2.45) is 11.8 Å². The lowest BCUT2D eigenvalue weighted by atomic mass is 9.80. The SMILES string of the molecule is CC1CCC(Nc2cccc(Cn3cncn3)c2)C(C)C1. The van der Waals surface area contributed by atoms with Gasteiger partial charge in [0.05, 0.1) is 6.54 Å². The Morgan fingerprint density at radius 3 is 2.95 bits per heavy atom. The lowest BCUT2D eigenvalue weighted by Gasteiger charge is -2.34. The van der Waals surface area contributed by atoms with Crippen LogP contribution in [0, 0.1) is 11.8 Å². The van der Waals surface area contributed by atoms with Crippen molar-refractivity contribution in [1.29, 1.82) is 0 Å². The highest BCUT2D eigenvalue weighted by Gasteiger charge is 2.24. The molecular weight excluding hydrogens is 260 g/mol. The molecule has 1 fully saturated rings. The highest BCUT2D eigenvalue weighted by Crippen LogP contribution is 2.30. The molecule has 1 aromatic carbocycles. The summed E-state index contributed by atoms with van der Waals surface area (Å²) in [5.41, 5.74) is 2.47. The molecule has 3 rings (SSSR count). The Balaban J connectivity index is 1.65. The van der Waals surface area contributed by atoms with Gasteiger partial charge in [-0.15, -0.1) is 0 Å². The van der Waals surface area contributed by atoms with Gasteiger partial charge in [0.1, 0.15) is 12.7 Å². The first-order valence-electron chi connectivity index (χ1n) is 7.88. The molecule has 4 heteroatoms. The van der Waals surface area contributed by atoms with Crippen LogP contribution < -0.4 is 5.32 Å². The molecule has 1 aliphatic carbocycles. The minimum absolute atomic E-state index is 0.600. The highest BCUT2D eigenvalue weighted by molar-refractivity contribution is 5.46. The van der Waals surface area contributed by atoms with E-state index in [1.807, 2.05) is 4.68 Å². The molecule has 1 aliphatic rings. The second kappa shape index (κ2) is 6.29. The zero-order valence-corrected chi connectivity index (χ0v) is 12.9. The summed E-state index contributed by atoms with van der Waals surface area (Å²) in [6.45, 7) is 5.50.